The smallest absolute Gasteiger partial charge is 0.272 e. The van der Waals surface area contributed by atoms with E-state index in [1.54, 1.807) is 13.0 Å². The van der Waals surface area contributed by atoms with Crippen LogP contribution in [0.2, 0.25) is 0 Å². The minimum absolute atomic E-state index is 0.0624. The molecule has 1 fully saturated rings. The summed E-state index contributed by atoms with van der Waals surface area (Å²) in [5.41, 5.74) is 2.14. The van der Waals surface area contributed by atoms with Gasteiger partial charge in [0.2, 0.25) is 23.6 Å². The van der Waals surface area contributed by atoms with Gasteiger partial charge >= 0.3 is 0 Å². The number of nitrogens with zero attached hydrogens (tertiary/aromatic N) is 4. The SMILES string of the molecule is Cc1nnc(CC(=O)N[C@H]2CC[C@H](CCN3CCc4ccc(OCC(F)F)nc4CC3)CC2)o1. The van der Waals surface area contributed by atoms with E-state index in [9.17, 15) is 13.6 Å². The van der Waals surface area contributed by atoms with Crippen LogP contribution in [0.4, 0.5) is 8.78 Å². The van der Waals surface area contributed by atoms with Gasteiger partial charge in [0.05, 0.1) is 0 Å². The molecule has 1 amide bonds. The molecule has 0 bridgehead atoms. The Labute approximate surface area is 198 Å². The fourth-order valence-corrected chi connectivity index (χ4v) is 4.85. The molecule has 0 atom stereocenters. The lowest BCUT2D eigenvalue weighted by Gasteiger charge is -2.30. The van der Waals surface area contributed by atoms with Crippen molar-refractivity contribution in [2.24, 2.45) is 5.92 Å². The van der Waals surface area contributed by atoms with E-state index >= 15 is 0 Å². The van der Waals surface area contributed by atoms with E-state index in [4.69, 9.17) is 9.15 Å². The molecule has 10 heteroatoms. The van der Waals surface area contributed by atoms with Crippen LogP contribution >= 0.6 is 0 Å². The first-order chi connectivity index (χ1) is 16.4. The second kappa shape index (κ2) is 11.7. The minimum Gasteiger partial charge on any atom is -0.472 e. The molecule has 1 saturated carbocycles. The van der Waals surface area contributed by atoms with Crippen molar-refractivity contribution < 1.29 is 22.7 Å². The Hall–Kier alpha value is -2.62. The number of nitrogens with one attached hydrogen (secondary N) is 1. The molecule has 1 aliphatic carbocycles. The van der Waals surface area contributed by atoms with Gasteiger partial charge < -0.3 is 19.4 Å². The maximum atomic E-state index is 12.4. The number of rotatable bonds is 9. The van der Waals surface area contributed by atoms with Gasteiger partial charge in [-0.2, -0.15) is 0 Å². The maximum Gasteiger partial charge on any atom is 0.272 e. The van der Waals surface area contributed by atoms with Crippen molar-refractivity contribution in [1.82, 2.24) is 25.4 Å². The van der Waals surface area contributed by atoms with Gasteiger partial charge in [-0.05, 0) is 56.6 Å². The first-order valence-corrected chi connectivity index (χ1v) is 12.1. The Morgan fingerprint density at radius 2 is 2.00 bits per heavy atom. The highest BCUT2D eigenvalue weighted by Crippen LogP contribution is 2.28. The Balaban J connectivity index is 1.15. The number of aryl methyl sites for hydroxylation is 1. The van der Waals surface area contributed by atoms with Crippen molar-refractivity contribution in [3.63, 3.8) is 0 Å². The molecular formula is C24H33F2N5O3. The third-order valence-electron chi connectivity index (χ3n) is 6.71. The Morgan fingerprint density at radius 3 is 2.74 bits per heavy atom. The molecule has 4 rings (SSSR count). The summed E-state index contributed by atoms with van der Waals surface area (Å²) in [5.74, 6) is 1.72. The zero-order chi connectivity index (χ0) is 23.9. The van der Waals surface area contributed by atoms with E-state index in [0.717, 1.165) is 70.3 Å². The molecular weight excluding hydrogens is 444 g/mol. The number of hydrogen-bond acceptors (Lipinski definition) is 7. The van der Waals surface area contributed by atoms with Crippen LogP contribution in [0.1, 0.15) is 55.1 Å². The van der Waals surface area contributed by atoms with E-state index in [0.29, 0.717) is 17.7 Å². The number of carbonyl (C=O) groups excluding carboxylic acids is 1. The Kier molecular flexibility index (Phi) is 8.42. The molecule has 186 valence electrons. The molecule has 34 heavy (non-hydrogen) atoms. The molecule has 0 unspecified atom stereocenters. The predicted octanol–water partition coefficient (Wildman–Crippen LogP) is 3.13. The first-order valence-electron chi connectivity index (χ1n) is 12.1. The summed E-state index contributed by atoms with van der Waals surface area (Å²) in [6.45, 7) is 4.02. The van der Waals surface area contributed by atoms with Gasteiger partial charge in [-0.3, -0.25) is 4.79 Å². The van der Waals surface area contributed by atoms with Crippen LogP contribution < -0.4 is 10.1 Å². The molecule has 1 aliphatic heterocycles. The number of amides is 1. The number of halogens is 2. The third-order valence-corrected chi connectivity index (χ3v) is 6.71. The minimum atomic E-state index is -2.50. The molecule has 0 spiro atoms. The zero-order valence-electron chi connectivity index (χ0n) is 19.6. The van der Waals surface area contributed by atoms with Crippen molar-refractivity contribution in [1.29, 1.82) is 0 Å². The molecule has 0 saturated heterocycles. The number of fused-ring (bicyclic) bond motifs is 1. The number of carbonyl (C=O) groups is 1. The van der Waals surface area contributed by atoms with Crippen molar-refractivity contribution >= 4 is 5.91 Å². The van der Waals surface area contributed by atoms with Crippen LogP contribution in [0, 0.1) is 12.8 Å². The van der Waals surface area contributed by atoms with Crippen molar-refractivity contribution in [3.8, 4) is 5.88 Å². The van der Waals surface area contributed by atoms with Crippen LogP contribution in [0.25, 0.3) is 0 Å². The summed E-state index contributed by atoms with van der Waals surface area (Å²) in [6, 6.07) is 3.87. The van der Waals surface area contributed by atoms with Gasteiger partial charge in [0.25, 0.3) is 6.43 Å². The summed E-state index contributed by atoms with van der Waals surface area (Å²) in [4.78, 5) is 19.2. The van der Waals surface area contributed by atoms with Gasteiger partial charge in [0, 0.05) is 44.2 Å². The number of alkyl halides is 2. The van der Waals surface area contributed by atoms with E-state index in [2.05, 4.69) is 25.4 Å². The quantitative estimate of drug-likeness (QED) is 0.593. The van der Waals surface area contributed by atoms with Crippen LogP contribution in [0.5, 0.6) is 5.88 Å². The molecule has 0 aromatic carbocycles. The average molecular weight is 478 g/mol. The monoisotopic (exact) mass is 477 g/mol. The Morgan fingerprint density at radius 1 is 1.21 bits per heavy atom. The van der Waals surface area contributed by atoms with E-state index in [1.165, 1.54) is 5.56 Å². The summed E-state index contributed by atoms with van der Waals surface area (Å²) in [5, 5.41) is 10.7. The van der Waals surface area contributed by atoms with Crippen LogP contribution in [-0.2, 0) is 24.1 Å². The third kappa shape index (κ3) is 7.19. The van der Waals surface area contributed by atoms with Crippen molar-refractivity contribution in [2.45, 2.75) is 70.8 Å². The van der Waals surface area contributed by atoms with Crippen molar-refractivity contribution in [3.05, 3.63) is 35.2 Å². The van der Waals surface area contributed by atoms with Crippen LogP contribution in [-0.4, -0.2) is 64.7 Å². The van der Waals surface area contributed by atoms with Gasteiger partial charge in [-0.25, -0.2) is 13.8 Å². The normalized spacial score (nSPS) is 21.2. The molecule has 0 radical (unpaired) electrons. The van der Waals surface area contributed by atoms with Crippen molar-refractivity contribution in [2.75, 3.05) is 26.2 Å². The number of hydrogen-bond donors (Lipinski definition) is 1. The van der Waals surface area contributed by atoms with E-state index < -0.39 is 13.0 Å². The lowest BCUT2D eigenvalue weighted by Crippen LogP contribution is -2.39. The number of pyridine rings is 1. The molecule has 8 nitrogen and oxygen atoms in total. The van der Waals surface area contributed by atoms with E-state index in [-0.39, 0.29) is 24.2 Å². The summed E-state index contributed by atoms with van der Waals surface area (Å²) in [6.07, 6.45) is 4.72. The Bertz CT molecular complexity index is 946. The molecule has 3 heterocycles. The predicted molar refractivity (Wildman–Crippen MR) is 121 cm³/mol. The van der Waals surface area contributed by atoms with Crippen LogP contribution in [0.3, 0.4) is 0 Å². The highest BCUT2D eigenvalue weighted by Gasteiger charge is 2.24. The second-order valence-corrected chi connectivity index (χ2v) is 9.26. The number of aromatic nitrogens is 3. The lowest BCUT2D eigenvalue weighted by molar-refractivity contribution is -0.121. The highest BCUT2D eigenvalue weighted by molar-refractivity contribution is 5.77. The summed E-state index contributed by atoms with van der Waals surface area (Å²) in [7, 11) is 0. The molecule has 2 aromatic heterocycles. The summed E-state index contributed by atoms with van der Waals surface area (Å²) >= 11 is 0. The standard InChI is InChI=1S/C24H33F2N5O3/c1-16-29-30-24(34-16)14-22(32)27-19-5-2-17(3-6-19)8-11-31-12-9-18-4-7-23(33-15-21(25)26)28-20(18)10-13-31/h4,7,17,19,21H,2-3,5-6,8-15H2,1H3,(H,27,32)/t17-,19-. The topological polar surface area (TPSA) is 93.4 Å². The average Bonchev–Trinajstić information content (AvgIpc) is 3.11. The lowest BCUT2D eigenvalue weighted by atomic mass is 9.84. The molecule has 2 aliphatic rings. The van der Waals surface area contributed by atoms with E-state index in [1.807, 2.05) is 6.07 Å². The first kappa shape index (κ1) is 24.5. The summed E-state index contributed by atoms with van der Waals surface area (Å²) < 4.78 is 35.1. The fourth-order valence-electron chi connectivity index (χ4n) is 4.85. The van der Waals surface area contributed by atoms with Gasteiger partial charge in [-0.1, -0.05) is 6.07 Å². The maximum absolute atomic E-state index is 12.4. The van der Waals surface area contributed by atoms with Gasteiger partial charge in [-0.15, -0.1) is 10.2 Å². The van der Waals surface area contributed by atoms with Crippen LogP contribution in [0.15, 0.2) is 16.5 Å². The van der Waals surface area contributed by atoms with Gasteiger partial charge in [0.15, 0.2) is 6.61 Å². The largest absolute Gasteiger partial charge is 0.472 e. The highest BCUT2D eigenvalue weighted by atomic mass is 19.3. The zero-order valence-corrected chi connectivity index (χ0v) is 19.6. The molecule has 2 aromatic rings. The van der Waals surface area contributed by atoms with Gasteiger partial charge in [0.1, 0.15) is 6.42 Å². The second-order valence-electron chi connectivity index (χ2n) is 9.26. The fraction of sp³-hybridized carbons (Fsp3) is 0.667. The number of ether oxygens (including phenoxy) is 1. The molecule has 1 N–H and O–H groups in total.